The molecule has 1 N–H and O–H groups in total. The van der Waals surface area contributed by atoms with Crippen molar-refractivity contribution in [2.24, 2.45) is 0 Å². The van der Waals surface area contributed by atoms with E-state index in [4.69, 9.17) is 0 Å². The van der Waals surface area contributed by atoms with Gasteiger partial charge in [0.2, 0.25) is 0 Å². The first-order chi connectivity index (χ1) is 6.22. The lowest BCUT2D eigenvalue weighted by atomic mass is 10.1. The molecule has 1 heterocycles. The topological polar surface area (TPSA) is 15.3 Å². The van der Waals surface area contributed by atoms with Crippen LogP contribution < -0.4 is 5.43 Å². The maximum atomic E-state index is 4.04. The van der Waals surface area contributed by atoms with Gasteiger partial charge in [0.05, 0.1) is 12.2 Å². The molecule has 0 fully saturated rings. The molecule has 2 rings (SSSR count). The van der Waals surface area contributed by atoms with Gasteiger partial charge in [-0.15, -0.1) is 0 Å². The van der Waals surface area contributed by atoms with Crippen LogP contribution in [0.5, 0.6) is 0 Å². The Labute approximate surface area is 78.8 Å². The Morgan fingerprint density at radius 1 is 1.46 bits per heavy atom. The molecule has 2 heteroatoms. The van der Waals surface area contributed by atoms with Gasteiger partial charge < -0.3 is 5.01 Å². The molecule has 1 aliphatic heterocycles. The molecule has 0 spiro atoms. The summed E-state index contributed by atoms with van der Waals surface area (Å²) in [6.07, 6.45) is 0. The molecule has 2 nitrogen and oxygen atoms in total. The van der Waals surface area contributed by atoms with Gasteiger partial charge in [-0.2, -0.15) is 0 Å². The number of hydrazine groups is 1. The van der Waals surface area contributed by atoms with Crippen LogP contribution in [0.1, 0.15) is 16.7 Å². The summed E-state index contributed by atoms with van der Waals surface area (Å²) in [7, 11) is 1.92. The molecule has 0 atom stereocenters. The van der Waals surface area contributed by atoms with Gasteiger partial charge in [0, 0.05) is 12.6 Å². The van der Waals surface area contributed by atoms with E-state index in [1.165, 1.54) is 16.7 Å². The Hall–Kier alpha value is -1.28. The summed E-state index contributed by atoms with van der Waals surface area (Å²) in [4.78, 5) is 0. The van der Waals surface area contributed by atoms with Crippen molar-refractivity contribution in [1.29, 1.82) is 0 Å². The van der Waals surface area contributed by atoms with E-state index in [1.54, 1.807) is 0 Å². The third kappa shape index (κ3) is 1.23. The second-order valence-electron chi connectivity index (χ2n) is 3.42. The third-order valence-electron chi connectivity index (χ3n) is 2.50. The standard InChI is InChI=1S/C11H14N2/c1-8-4-5-11-9(2)13(12-3)7-10(11)6-8/h4-6,12H,2,7H2,1,3H3. The highest BCUT2D eigenvalue weighted by Gasteiger charge is 2.20. The highest BCUT2D eigenvalue weighted by molar-refractivity contribution is 5.68. The summed E-state index contributed by atoms with van der Waals surface area (Å²) in [5, 5.41) is 2.06. The molecule has 1 aromatic carbocycles. The third-order valence-corrected chi connectivity index (χ3v) is 2.50. The van der Waals surface area contributed by atoms with Crippen LogP contribution in [0.3, 0.4) is 0 Å². The van der Waals surface area contributed by atoms with Gasteiger partial charge in [-0.3, -0.25) is 0 Å². The summed E-state index contributed by atoms with van der Waals surface area (Å²) in [6, 6.07) is 6.49. The molecule has 0 bridgehead atoms. The van der Waals surface area contributed by atoms with Crippen molar-refractivity contribution in [2.45, 2.75) is 13.5 Å². The van der Waals surface area contributed by atoms with Crippen LogP contribution in [-0.4, -0.2) is 12.1 Å². The highest BCUT2D eigenvalue weighted by atomic mass is 15.5. The van der Waals surface area contributed by atoms with E-state index in [9.17, 15) is 0 Å². The van der Waals surface area contributed by atoms with Gasteiger partial charge in [-0.05, 0) is 12.5 Å². The number of rotatable bonds is 1. The minimum atomic E-state index is 0.923. The minimum Gasteiger partial charge on any atom is -0.304 e. The summed E-state index contributed by atoms with van der Waals surface area (Å²) >= 11 is 0. The molecule has 0 unspecified atom stereocenters. The number of fused-ring (bicyclic) bond motifs is 1. The molecular formula is C11H14N2. The van der Waals surface area contributed by atoms with Gasteiger partial charge in [0.15, 0.2) is 0 Å². The molecule has 0 radical (unpaired) electrons. The molecule has 0 saturated heterocycles. The van der Waals surface area contributed by atoms with Crippen molar-refractivity contribution in [3.63, 3.8) is 0 Å². The molecular weight excluding hydrogens is 160 g/mol. The van der Waals surface area contributed by atoms with Crippen LogP contribution in [0.2, 0.25) is 0 Å². The molecule has 1 aliphatic rings. The average Bonchev–Trinajstić information content (AvgIpc) is 2.42. The molecule has 1 aromatic rings. The highest BCUT2D eigenvalue weighted by Crippen LogP contribution is 2.29. The fourth-order valence-electron chi connectivity index (χ4n) is 1.76. The predicted octanol–water partition coefficient (Wildman–Crippen LogP) is 1.92. The molecule has 0 amide bonds. The van der Waals surface area contributed by atoms with Gasteiger partial charge in [0.25, 0.3) is 0 Å². The van der Waals surface area contributed by atoms with E-state index in [1.807, 2.05) is 7.05 Å². The summed E-state index contributed by atoms with van der Waals surface area (Å²) in [5.74, 6) is 0. The molecule has 68 valence electrons. The Bertz CT molecular complexity index is 355. The summed E-state index contributed by atoms with van der Waals surface area (Å²) in [6.45, 7) is 7.08. The fraction of sp³-hybridized carbons (Fsp3) is 0.273. The first kappa shape index (κ1) is 8.32. The van der Waals surface area contributed by atoms with E-state index in [2.05, 4.69) is 42.1 Å². The predicted molar refractivity (Wildman–Crippen MR) is 54.8 cm³/mol. The monoisotopic (exact) mass is 174 g/mol. The van der Waals surface area contributed by atoms with Gasteiger partial charge in [-0.1, -0.05) is 30.3 Å². The van der Waals surface area contributed by atoms with Crippen molar-refractivity contribution in [3.05, 3.63) is 41.5 Å². The smallest absolute Gasteiger partial charge is 0.0601 e. The van der Waals surface area contributed by atoms with E-state index in [0.717, 1.165) is 12.2 Å². The second-order valence-corrected chi connectivity index (χ2v) is 3.42. The maximum absolute atomic E-state index is 4.04. The van der Waals surface area contributed by atoms with E-state index in [-0.39, 0.29) is 0 Å². The molecule has 13 heavy (non-hydrogen) atoms. The van der Waals surface area contributed by atoms with Gasteiger partial charge in [-0.25, -0.2) is 5.43 Å². The Morgan fingerprint density at radius 3 is 2.92 bits per heavy atom. The molecule has 0 aliphatic carbocycles. The number of nitrogens with one attached hydrogen (secondary N) is 1. The SMILES string of the molecule is C=C1c2ccc(C)cc2CN1NC. The van der Waals surface area contributed by atoms with Crippen LogP contribution in [0.25, 0.3) is 5.70 Å². The zero-order valence-corrected chi connectivity index (χ0v) is 8.09. The maximum Gasteiger partial charge on any atom is 0.0601 e. The Balaban J connectivity index is 2.44. The minimum absolute atomic E-state index is 0.923. The van der Waals surface area contributed by atoms with Gasteiger partial charge >= 0.3 is 0 Å². The lowest BCUT2D eigenvalue weighted by molar-refractivity contribution is 0.327. The van der Waals surface area contributed by atoms with Crippen molar-refractivity contribution < 1.29 is 0 Å². The van der Waals surface area contributed by atoms with Crippen LogP contribution in [0.4, 0.5) is 0 Å². The normalized spacial score (nSPS) is 14.9. The van der Waals surface area contributed by atoms with Crippen molar-refractivity contribution in [1.82, 2.24) is 10.4 Å². The van der Waals surface area contributed by atoms with E-state index >= 15 is 0 Å². The van der Waals surface area contributed by atoms with Crippen molar-refractivity contribution in [3.8, 4) is 0 Å². The zero-order valence-electron chi connectivity index (χ0n) is 8.09. The summed E-state index contributed by atoms with van der Waals surface area (Å²) < 4.78 is 0. The average molecular weight is 174 g/mol. The molecule has 0 aromatic heterocycles. The lowest BCUT2D eigenvalue weighted by Gasteiger charge is -2.16. The lowest BCUT2D eigenvalue weighted by Crippen LogP contribution is -2.27. The number of nitrogens with zero attached hydrogens (tertiary/aromatic N) is 1. The van der Waals surface area contributed by atoms with Gasteiger partial charge in [0.1, 0.15) is 0 Å². The first-order valence-corrected chi connectivity index (χ1v) is 4.46. The first-order valence-electron chi connectivity index (χ1n) is 4.46. The van der Waals surface area contributed by atoms with Crippen LogP contribution in [0, 0.1) is 6.92 Å². The van der Waals surface area contributed by atoms with Crippen LogP contribution in [0.15, 0.2) is 24.8 Å². The zero-order chi connectivity index (χ0) is 9.42. The van der Waals surface area contributed by atoms with E-state index < -0.39 is 0 Å². The number of hydrogen-bond donors (Lipinski definition) is 1. The number of aryl methyl sites for hydroxylation is 1. The second kappa shape index (κ2) is 2.89. The Kier molecular flexibility index (Phi) is 1.85. The van der Waals surface area contributed by atoms with E-state index in [0.29, 0.717) is 0 Å². The fourth-order valence-corrected chi connectivity index (χ4v) is 1.76. The van der Waals surface area contributed by atoms with Crippen LogP contribution >= 0.6 is 0 Å². The summed E-state index contributed by atoms with van der Waals surface area (Å²) in [5.41, 5.74) is 8.12. The molecule has 0 saturated carbocycles. The number of benzene rings is 1. The van der Waals surface area contributed by atoms with Crippen LogP contribution in [-0.2, 0) is 6.54 Å². The quantitative estimate of drug-likeness (QED) is 0.699. The van der Waals surface area contributed by atoms with Crippen molar-refractivity contribution >= 4 is 5.70 Å². The van der Waals surface area contributed by atoms with Crippen molar-refractivity contribution in [2.75, 3.05) is 7.05 Å². The largest absolute Gasteiger partial charge is 0.304 e. The Morgan fingerprint density at radius 2 is 2.23 bits per heavy atom. The number of hydrogen-bond acceptors (Lipinski definition) is 2.